The largest absolute Gasteiger partial charge is 0.449 e. The number of likely N-dealkylation sites (N-methyl/N-ethyl adjacent to an activating group) is 1. The second-order valence-corrected chi connectivity index (χ2v) is 8.10. The summed E-state index contributed by atoms with van der Waals surface area (Å²) in [6, 6.07) is 3.54. The quantitative estimate of drug-likeness (QED) is 0.719. The predicted molar refractivity (Wildman–Crippen MR) is 95.1 cm³/mol. The summed E-state index contributed by atoms with van der Waals surface area (Å²) in [6.45, 7) is 7.02. The van der Waals surface area contributed by atoms with Crippen molar-refractivity contribution in [3.05, 3.63) is 28.8 Å². The molecule has 140 valence electrons. The molecule has 1 rings (SSSR count). The fraction of sp³-hybridized carbons (Fsp3) is 0.500. The van der Waals surface area contributed by atoms with E-state index in [1.807, 2.05) is 0 Å². The first kappa shape index (κ1) is 21.4. The zero-order chi connectivity index (χ0) is 19.4. The first-order valence-corrected chi connectivity index (χ1v) is 9.60. The second kappa shape index (κ2) is 8.64. The van der Waals surface area contributed by atoms with E-state index in [2.05, 4.69) is 5.32 Å². The zero-order valence-electron chi connectivity index (χ0n) is 14.9. The average Bonchev–Trinajstić information content (AvgIpc) is 2.54. The predicted octanol–water partition coefficient (Wildman–Crippen LogP) is 2.05. The molecule has 9 heteroatoms. The van der Waals surface area contributed by atoms with Crippen LogP contribution in [0, 0.1) is 0 Å². The lowest BCUT2D eigenvalue weighted by molar-refractivity contribution is -0.128. The molecule has 0 aliphatic heterocycles. The van der Waals surface area contributed by atoms with Crippen LogP contribution >= 0.6 is 11.6 Å². The fourth-order valence-electron chi connectivity index (χ4n) is 1.86. The minimum Gasteiger partial charge on any atom is -0.449 e. The molecule has 1 amide bonds. The third kappa shape index (κ3) is 5.17. The van der Waals surface area contributed by atoms with Gasteiger partial charge in [-0.3, -0.25) is 4.79 Å². The Bertz CT molecular complexity index is 749. The van der Waals surface area contributed by atoms with Crippen LogP contribution in [0.4, 0.5) is 0 Å². The van der Waals surface area contributed by atoms with E-state index in [9.17, 15) is 18.0 Å². The lowest BCUT2D eigenvalue weighted by Crippen LogP contribution is -2.35. The Morgan fingerprint density at radius 3 is 2.40 bits per heavy atom. The van der Waals surface area contributed by atoms with Crippen molar-refractivity contribution in [3.63, 3.8) is 0 Å². The maximum atomic E-state index is 12.5. The number of benzene rings is 1. The highest BCUT2D eigenvalue weighted by atomic mass is 35.5. The number of rotatable bonds is 7. The molecular formula is C16H23ClN2O5S. The van der Waals surface area contributed by atoms with Crippen LogP contribution in [0.2, 0.25) is 5.02 Å². The number of carbonyl (C=O) groups is 2. The molecule has 1 aromatic rings. The van der Waals surface area contributed by atoms with Gasteiger partial charge in [0.2, 0.25) is 10.0 Å². The van der Waals surface area contributed by atoms with E-state index in [0.29, 0.717) is 6.54 Å². The van der Waals surface area contributed by atoms with Gasteiger partial charge in [0.05, 0.1) is 15.5 Å². The molecule has 0 aliphatic carbocycles. The number of esters is 1. The van der Waals surface area contributed by atoms with Crippen molar-refractivity contribution < 1.29 is 22.7 Å². The topological polar surface area (TPSA) is 92.8 Å². The maximum Gasteiger partial charge on any atom is 0.340 e. The number of ether oxygens (including phenoxy) is 1. The monoisotopic (exact) mass is 390 g/mol. The van der Waals surface area contributed by atoms with Crippen molar-refractivity contribution in [1.29, 1.82) is 0 Å². The van der Waals surface area contributed by atoms with Gasteiger partial charge in [-0.05, 0) is 45.9 Å². The van der Waals surface area contributed by atoms with Crippen molar-refractivity contribution in [2.24, 2.45) is 0 Å². The summed E-state index contributed by atoms with van der Waals surface area (Å²) in [4.78, 5) is 23.9. The smallest absolute Gasteiger partial charge is 0.340 e. The Morgan fingerprint density at radius 2 is 1.88 bits per heavy atom. The van der Waals surface area contributed by atoms with Gasteiger partial charge in [0.15, 0.2) is 6.10 Å². The Balaban J connectivity index is 3.14. The number of carbonyl (C=O) groups excluding carboxylic acids is 2. The molecule has 1 aromatic carbocycles. The van der Waals surface area contributed by atoms with Crippen LogP contribution in [0.5, 0.6) is 0 Å². The summed E-state index contributed by atoms with van der Waals surface area (Å²) in [6.07, 6.45) is -1.03. The lowest BCUT2D eigenvalue weighted by atomic mass is 10.2. The summed E-state index contributed by atoms with van der Waals surface area (Å²) in [7, 11) is -2.33. The summed E-state index contributed by atoms with van der Waals surface area (Å²) >= 11 is 6.00. The van der Waals surface area contributed by atoms with E-state index in [1.54, 1.807) is 20.8 Å². The third-order valence-corrected chi connectivity index (χ3v) is 5.93. The van der Waals surface area contributed by atoms with Crippen molar-refractivity contribution in [2.75, 3.05) is 13.6 Å². The molecule has 7 nitrogen and oxygen atoms in total. The van der Waals surface area contributed by atoms with Gasteiger partial charge in [0, 0.05) is 19.6 Å². The normalized spacial score (nSPS) is 13.0. The van der Waals surface area contributed by atoms with Gasteiger partial charge in [0.1, 0.15) is 0 Å². The van der Waals surface area contributed by atoms with Crippen LogP contribution in [0.25, 0.3) is 0 Å². The van der Waals surface area contributed by atoms with Gasteiger partial charge in [-0.1, -0.05) is 11.6 Å². The molecule has 0 bridgehead atoms. The zero-order valence-corrected chi connectivity index (χ0v) is 16.4. The molecule has 0 aromatic heterocycles. The lowest BCUT2D eigenvalue weighted by Gasteiger charge is -2.21. The maximum absolute atomic E-state index is 12.5. The van der Waals surface area contributed by atoms with Crippen molar-refractivity contribution >= 4 is 33.5 Å². The molecule has 0 spiro atoms. The molecule has 0 saturated heterocycles. The Morgan fingerprint density at radius 1 is 1.28 bits per heavy atom. The number of amides is 1. The van der Waals surface area contributed by atoms with Crippen LogP contribution in [-0.4, -0.2) is 50.3 Å². The molecule has 0 saturated carbocycles. The van der Waals surface area contributed by atoms with Gasteiger partial charge in [0.25, 0.3) is 5.91 Å². The van der Waals surface area contributed by atoms with Gasteiger partial charge in [-0.25, -0.2) is 13.2 Å². The standard InChI is InChI=1S/C16H23ClN2O5S/c1-6-18-15(20)11(4)24-16(21)13-9-12(7-8-14(13)17)25(22,23)19(5)10(2)3/h7-11H,6H2,1-5H3,(H,18,20)/t11-/m1/s1. The summed E-state index contributed by atoms with van der Waals surface area (Å²) in [5.74, 6) is -1.32. The molecule has 1 N–H and O–H groups in total. The molecular weight excluding hydrogens is 368 g/mol. The van der Waals surface area contributed by atoms with Crippen LogP contribution in [0.15, 0.2) is 23.1 Å². The SMILES string of the molecule is CCNC(=O)[C@@H](C)OC(=O)c1cc(S(=O)(=O)N(C)C(C)C)ccc1Cl. The minimum absolute atomic E-state index is 0.0410. The molecule has 0 radical (unpaired) electrons. The van der Waals surface area contributed by atoms with Crippen LogP contribution in [0.3, 0.4) is 0 Å². The van der Waals surface area contributed by atoms with Crippen molar-refractivity contribution in [2.45, 2.75) is 44.7 Å². The van der Waals surface area contributed by atoms with Crippen LogP contribution in [-0.2, 0) is 19.6 Å². The van der Waals surface area contributed by atoms with E-state index >= 15 is 0 Å². The number of sulfonamides is 1. The highest BCUT2D eigenvalue weighted by Gasteiger charge is 2.26. The van der Waals surface area contributed by atoms with E-state index in [4.69, 9.17) is 16.3 Å². The van der Waals surface area contributed by atoms with Gasteiger partial charge < -0.3 is 10.1 Å². The summed E-state index contributed by atoms with van der Waals surface area (Å²) in [5.41, 5.74) is -0.115. The molecule has 0 fully saturated rings. The number of hydrogen-bond acceptors (Lipinski definition) is 5. The number of halogens is 1. The second-order valence-electron chi connectivity index (χ2n) is 5.70. The van der Waals surface area contributed by atoms with Crippen molar-refractivity contribution in [3.8, 4) is 0 Å². The average molecular weight is 391 g/mol. The van der Waals surface area contributed by atoms with Crippen LogP contribution < -0.4 is 5.32 Å². The van der Waals surface area contributed by atoms with Crippen LogP contribution in [0.1, 0.15) is 38.1 Å². The molecule has 25 heavy (non-hydrogen) atoms. The third-order valence-electron chi connectivity index (χ3n) is 3.57. The van der Waals surface area contributed by atoms with Gasteiger partial charge >= 0.3 is 5.97 Å². The van der Waals surface area contributed by atoms with Gasteiger partial charge in [-0.15, -0.1) is 0 Å². The van der Waals surface area contributed by atoms with E-state index in [0.717, 1.165) is 6.07 Å². The molecule has 1 atom stereocenters. The number of nitrogens with zero attached hydrogens (tertiary/aromatic N) is 1. The first-order valence-electron chi connectivity index (χ1n) is 7.78. The Kier molecular flexibility index (Phi) is 7.40. The van der Waals surface area contributed by atoms with Crippen molar-refractivity contribution in [1.82, 2.24) is 9.62 Å². The first-order chi connectivity index (χ1) is 11.5. The van der Waals surface area contributed by atoms with E-state index in [1.165, 1.54) is 30.4 Å². The molecule has 0 unspecified atom stereocenters. The summed E-state index contributed by atoms with van der Waals surface area (Å²) in [5, 5.41) is 2.57. The molecule has 0 aliphatic rings. The number of hydrogen-bond donors (Lipinski definition) is 1. The van der Waals surface area contributed by atoms with E-state index < -0.39 is 28.0 Å². The fourth-order valence-corrected chi connectivity index (χ4v) is 3.45. The number of nitrogens with one attached hydrogen (secondary N) is 1. The summed E-state index contributed by atoms with van der Waals surface area (Å²) < 4.78 is 31.3. The van der Waals surface area contributed by atoms with Gasteiger partial charge in [-0.2, -0.15) is 4.31 Å². The highest BCUT2D eigenvalue weighted by Crippen LogP contribution is 2.24. The Hall–Kier alpha value is -1.64. The molecule has 0 heterocycles. The minimum atomic E-state index is -3.78. The Labute approximate surface area is 153 Å². The van der Waals surface area contributed by atoms with E-state index in [-0.39, 0.29) is 21.5 Å². The highest BCUT2D eigenvalue weighted by molar-refractivity contribution is 7.89.